The van der Waals surface area contributed by atoms with Gasteiger partial charge in [-0.25, -0.2) is 9.38 Å². The molecule has 182 valence electrons. The Hall–Kier alpha value is -3.38. The number of nitrogens with one attached hydrogen (secondary N) is 1. The van der Waals surface area contributed by atoms with Crippen LogP contribution in [0, 0.1) is 5.82 Å². The lowest BCUT2D eigenvalue weighted by molar-refractivity contribution is 0.122. The molecule has 0 radical (unpaired) electrons. The molecule has 0 spiro atoms. The molecule has 11 nitrogen and oxygen atoms in total. The maximum atomic E-state index is 15.0. The number of anilines is 4. The molecule has 4 heterocycles. The lowest BCUT2D eigenvalue weighted by Crippen LogP contribution is -2.41. The van der Waals surface area contributed by atoms with Crippen molar-refractivity contribution in [3.63, 3.8) is 0 Å². The maximum Gasteiger partial charge on any atom is 0.241 e. The van der Waals surface area contributed by atoms with Crippen molar-refractivity contribution in [2.75, 3.05) is 69.1 Å². The maximum absolute atomic E-state index is 15.0. The van der Waals surface area contributed by atoms with Crippen LogP contribution in [0.3, 0.4) is 0 Å². The Bertz CT molecular complexity index is 1100. The molecule has 0 amide bonds. The minimum atomic E-state index is -0.401. The molecule has 3 aliphatic rings. The number of likely N-dealkylation sites (tertiary alicyclic amines) is 1. The molecule has 5 rings (SSSR count). The number of nitrogen functional groups attached to an aromatic ring is 1. The molecule has 4 N–H and O–H groups in total. The Morgan fingerprint density at radius 1 is 1.26 bits per heavy atom. The fourth-order valence-corrected chi connectivity index (χ4v) is 4.59. The van der Waals surface area contributed by atoms with Gasteiger partial charge in [-0.15, -0.1) is 5.10 Å². The van der Waals surface area contributed by atoms with E-state index in [4.69, 9.17) is 10.5 Å². The number of aliphatic hydroxyl groups excluding tert-OH is 1. The van der Waals surface area contributed by atoms with Gasteiger partial charge in [0.1, 0.15) is 18.3 Å². The Balaban J connectivity index is 1.40. The number of allylic oxidation sites excluding steroid dienone is 1. The first-order chi connectivity index (χ1) is 16.5. The Labute approximate surface area is 197 Å². The lowest BCUT2D eigenvalue weighted by Gasteiger charge is -2.35. The molecule has 3 aliphatic heterocycles. The van der Waals surface area contributed by atoms with Crippen molar-refractivity contribution in [3.05, 3.63) is 35.9 Å². The largest absolute Gasteiger partial charge is 0.394 e. The first-order valence-corrected chi connectivity index (χ1v) is 11.5. The molecule has 12 heteroatoms. The quantitative estimate of drug-likeness (QED) is 0.587. The zero-order valence-corrected chi connectivity index (χ0v) is 19.2. The van der Waals surface area contributed by atoms with Crippen LogP contribution in [0.2, 0.25) is 0 Å². The van der Waals surface area contributed by atoms with Crippen molar-refractivity contribution in [1.29, 1.82) is 0 Å². The molecule has 1 aromatic carbocycles. The van der Waals surface area contributed by atoms with Gasteiger partial charge in [0.25, 0.3) is 0 Å². The molecular formula is C22H30FN9O2. The van der Waals surface area contributed by atoms with Crippen LogP contribution in [0.5, 0.6) is 0 Å². The molecule has 0 aliphatic carbocycles. The Morgan fingerprint density at radius 2 is 2.09 bits per heavy atom. The van der Waals surface area contributed by atoms with Gasteiger partial charge in [-0.2, -0.15) is 9.67 Å². The minimum Gasteiger partial charge on any atom is -0.394 e. The molecule has 2 fully saturated rings. The topological polar surface area (TPSA) is 120 Å². The van der Waals surface area contributed by atoms with Gasteiger partial charge in [-0.05, 0) is 31.0 Å². The van der Waals surface area contributed by atoms with Crippen LogP contribution in [0.4, 0.5) is 27.7 Å². The van der Waals surface area contributed by atoms with Gasteiger partial charge in [-0.3, -0.25) is 0 Å². The first-order valence-electron chi connectivity index (χ1n) is 11.5. The third kappa shape index (κ3) is 4.38. The monoisotopic (exact) mass is 471 g/mol. The number of hydrogen-bond donors (Lipinski definition) is 3. The summed E-state index contributed by atoms with van der Waals surface area (Å²) in [6.45, 7) is 4.10. The number of nitrogens with zero attached hydrogens (tertiary/aromatic N) is 7. The van der Waals surface area contributed by atoms with Crippen LogP contribution >= 0.6 is 0 Å². The smallest absolute Gasteiger partial charge is 0.241 e. The molecule has 2 saturated heterocycles. The van der Waals surface area contributed by atoms with E-state index in [1.165, 1.54) is 10.7 Å². The summed E-state index contributed by atoms with van der Waals surface area (Å²) in [7, 11) is 1.96. The highest BCUT2D eigenvalue weighted by molar-refractivity contribution is 5.97. The summed E-state index contributed by atoms with van der Waals surface area (Å²) >= 11 is 0. The van der Waals surface area contributed by atoms with E-state index in [0.29, 0.717) is 25.7 Å². The molecule has 2 aromatic rings. The number of ether oxygens (including phenoxy) is 1. The average Bonchev–Trinajstić information content (AvgIpc) is 3.47. The summed E-state index contributed by atoms with van der Waals surface area (Å²) in [6.07, 6.45) is 3.86. The van der Waals surface area contributed by atoms with Crippen molar-refractivity contribution in [2.45, 2.75) is 18.9 Å². The number of aliphatic imine (C=N–C) groups is 1. The Kier molecular flexibility index (Phi) is 6.24. The van der Waals surface area contributed by atoms with Crippen LogP contribution < -0.4 is 16.0 Å². The van der Waals surface area contributed by atoms with E-state index in [-0.39, 0.29) is 30.2 Å². The number of aliphatic hydroxyl groups is 1. The van der Waals surface area contributed by atoms with Crippen molar-refractivity contribution in [3.8, 4) is 0 Å². The average molecular weight is 472 g/mol. The third-order valence-corrected chi connectivity index (χ3v) is 6.39. The van der Waals surface area contributed by atoms with Gasteiger partial charge in [-0.1, -0.05) is 0 Å². The first kappa shape index (κ1) is 22.4. The SMILES string of the molecule is CN1CN=C(n2nc(N)nc2Nc2ccc(N3CCOCC3)cc2F)C=C1N1CCC[C@@H]1CO. The summed E-state index contributed by atoms with van der Waals surface area (Å²) in [5, 5.41) is 17.1. The van der Waals surface area contributed by atoms with Gasteiger partial charge in [0, 0.05) is 38.4 Å². The zero-order chi connectivity index (χ0) is 23.7. The lowest BCUT2D eigenvalue weighted by atomic mass is 10.2. The van der Waals surface area contributed by atoms with Gasteiger partial charge in [0.05, 0.1) is 31.5 Å². The van der Waals surface area contributed by atoms with Gasteiger partial charge in [0.2, 0.25) is 11.9 Å². The van der Waals surface area contributed by atoms with Crippen LogP contribution in [-0.4, -0.2) is 94.7 Å². The summed E-state index contributed by atoms with van der Waals surface area (Å²) < 4.78 is 21.8. The number of aromatic nitrogens is 3. The van der Waals surface area contributed by atoms with E-state index in [1.54, 1.807) is 6.07 Å². The highest BCUT2D eigenvalue weighted by Gasteiger charge is 2.30. The predicted molar refractivity (Wildman–Crippen MR) is 128 cm³/mol. The Morgan fingerprint density at radius 3 is 2.85 bits per heavy atom. The fourth-order valence-electron chi connectivity index (χ4n) is 4.59. The van der Waals surface area contributed by atoms with E-state index in [0.717, 1.165) is 44.0 Å². The second kappa shape index (κ2) is 9.47. The van der Waals surface area contributed by atoms with Gasteiger partial charge < -0.3 is 35.6 Å². The van der Waals surface area contributed by atoms with E-state index in [1.807, 2.05) is 24.1 Å². The number of nitrogens with two attached hydrogens (primary N) is 1. The van der Waals surface area contributed by atoms with Gasteiger partial charge >= 0.3 is 0 Å². The standard InChI is InChI=1S/C22H30FN9O2/c1-29-14-25-19(12-20(29)31-6-2-3-16(31)13-33)32-22(27-21(24)28-32)26-18-5-4-15(11-17(18)23)30-7-9-34-10-8-30/h4-5,11-12,16,33H,2-3,6-10,13-14H2,1H3,(H3,24,26,27,28)/t16-/m1/s1. The normalized spacial score (nSPS) is 21.0. The number of halogens is 1. The zero-order valence-electron chi connectivity index (χ0n) is 19.2. The summed E-state index contributed by atoms with van der Waals surface area (Å²) in [4.78, 5) is 15.2. The van der Waals surface area contributed by atoms with Crippen molar-refractivity contribution in [1.82, 2.24) is 24.6 Å². The highest BCUT2D eigenvalue weighted by Crippen LogP contribution is 2.28. The molecular weight excluding hydrogens is 441 g/mol. The third-order valence-electron chi connectivity index (χ3n) is 6.39. The molecule has 0 bridgehead atoms. The van der Waals surface area contributed by atoms with Gasteiger partial charge in [0.15, 0.2) is 5.84 Å². The number of rotatable bonds is 5. The molecule has 1 aromatic heterocycles. The number of hydrogen-bond acceptors (Lipinski definition) is 10. The van der Waals surface area contributed by atoms with Crippen molar-refractivity contribution < 1.29 is 14.2 Å². The molecule has 0 unspecified atom stereocenters. The second-order valence-electron chi connectivity index (χ2n) is 8.62. The number of benzene rings is 1. The van der Waals surface area contributed by atoms with Crippen LogP contribution in [-0.2, 0) is 4.74 Å². The van der Waals surface area contributed by atoms with Crippen LogP contribution in [0.15, 0.2) is 35.1 Å². The highest BCUT2D eigenvalue weighted by atomic mass is 19.1. The van der Waals surface area contributed by atoms with Crippen molar-refractivity contribution >= 4 is 29.1 Å². The summed E-state index contributed by atoms with van der Waals surface area (Å²) in [6, 6.07) is 5.13. The number of morpholine rings is 1. The molecule has 1 atom stereocenters. The molecule has 34 heavy (non-hydrogen) atoms. The van der Waals surface area contributed by atoms with E-state index >= 15 is 0 Å². The van der Waals surface area contributed by atoms with E-state index in [2.05, 4.69) is 30.2 Å². The summed E-state index contributed by atoms with van der Waals surface area (Å²) in [5.74, 6) is 1.41. The van der Waals surface area contributed by atoms with E-state index in [9.17, 15) is 9.50 Å². The van der Waals surface area contributed by atoms with Crippen LogP contribution in [0.1, 0.15) is 12.8 Å². The molecule has 0 saturated carbocycles. The summed E-state index contributed by atoms with van der Waals surface area (Å²) in [5.41, 5.74) is 6.98. The van der Waals surface area contributed by atoms with E-state index < -0.39 is 5.82 Å². The second-order valence-corrected chi connectivity index (χ2v) is 8.62. The predicted octanol–water partition coefficient (Wildman–Crippen LogP) is 1.03. The fraction of sp³-hybridized carbons (Fsp3) is 0.500. The van der Waals surface area contributed by atoms with Crippen LogP contribution in [0.25, 0.3) is 0 Å². The van der Waals surface area contributed by atoms with Crippen molar-refractivity contribution in [2.24, 2.45) is 4.99 Å². The minimum absolute atomic E-state index is 0.0545.